The van der Waals surface area contributed by atoms with Gasteiger partial charge in [0.1, 0.15) is 48.8 Å². The molecule has 0 amide bonds. The molecule has 4 aliphatic rings. The van der Waals surface area contributed by atoms with E-state index in [1.807, 2.05) is 0 Å². The van der Waals surface area contributed by atoms with Crippen LogP contribution in [0.1, 0.15) is 23.3 Å². The van der Waals surface area contributed by atoms with Gasteiger partial charge in [0.2, 0.25) is 12.6 Å². The van der Waals surface area contributed by atoms with Gasteiger partial charge in [-0.3, -0.25) is 0 Å². The minimum atomic E-state index is -1.59. The van der Waals surface area contributed by atoms with Crippen molar-refractivity contribution >= 4 is 0 Å². The largest absolute Gasteiger partial charge is 0.493 e. The maximum Gasteiger partial charge on any atom is 0.229 e. The molecule has 4 fully saturated rings. The first-order valence-corrected chi connectivity index (χ1v) is 15.6. The molecule has 0 unspecified atom stereocenters. The van der Waals surface area contributed by atoms with E-state index in [0.717, 1.165) is 11.1 Å². The van der Waals surface area contributed by atoms with Crippen molar-refractivity contribution in [2.45, 2.75) is 73.6 Å². The summed E-state index contributed by atoms with van der Waals surface area (Å²) in [5.41, 5.74) is 1.59. The lowest BCUT2D eigenvalue weighted by Gasteiger charge is -2.39. The molecule has 48 heavy (non-hydrogen) atoms. The van der Waals surface area contributed by atoms with Gasteiger partial charge < -0.3 is 78.7 Å². The summed E-state index contributed by atoms with van der Waals surface area (Å²) in [5, 5.41) is 80.1. The van der Waals surface area contributed by atoms with Crippen LogP contribution >= 0.6 is 0 Å². The van der Waals surface area contributed by atoms with Gasteiger partial charge in [-0.1, -0.05) is 12.1 Å². The molecular weight excluding hydrogens is 640 g/mol. The van der Waals surface area contributed by atoms with Gasteiger partial charge in [-0.15, -0.1) is 0 Å². The summed E-state index contributed by atoms with van der Waals surface area (Å²) >= 11 is 0. The molecule has 4 heterocycles. The summed E-state index contributed by atoms with van der Waals surface area (Å²) in [6, 6.07) is 10.3. The fraction of sp³-hybridized carbons (Fsp3) is 0.625. The molecule has 8 N–H and O–H groups in total. The van der Waals surface area contributed by atoms with E-state index in [4.69, 9.17) is 37.9 Å². The molecule has 266 valence electrons. The number of aliphatic hydroxyl groups is 8. The van der Waals surface area contributed by atoms with E-state index in [-0.39, 0.29) is 35.5 Å². The van der Waals surface area contributed by atoms with Crippen LogP contribution in [0.2, 0.25) is 0 Å². The molecule has 0 aliphatic carbocycles. The molecule has 0 radical (unpaired) electrons. The number of aliphatic hydroxyl groups excluding tert-OH is 8. The van der Waals surface area contributed by atoms with E-state index < -0.39 is 74.6 Å². The number of hydrogen-bond donors (Lipinski definition) is 8. The number of ether oxygens (including phenoxy) is 8. The predicted molar refractivity (Wildman–Crippen MR) is 159 cm³/mol. The van der Waals surface area contributed by atoms with Gasteiger partial charge in [0, 0.05) is 11.8 Å². The van der Waals surface area contributed by atoms with Crippen LogP contribution in [0.15, 0.2) is 36.4 Å². The van der Waals surface area contributed by atoms with Crippen LogP contribution in [-0.4, -0.2) is 143 Å². The zero-order valence-electron chi connectivity index (χ0n) is 26.2. The van der Waals surface area contributed by atoms with Gasteiger partial charge in [-0.05, 0) is 35.4 Å². The summed E-state index contributed by atoms with van der Waals surface area (Å²) < 4.78 is 46.1. The summed E-state index contributed by atoms with van der Waals surface area (Å²) in [6.07, 6.45) is -15.0. The van der Waals surface area contributed by atoms with E-state index in [9.17, 15) is 40.9 Å². The van der Waals surface area contributed by atoms with Crippen molar-refractivity contribution in [1.82, 2.24) is 0 Å². The first-order chi connectivity index (χ1) is 23.1. The van der Waals surface area contributed by atoms with E-state index in [1.165, 1.54) is 14.2 Å². The number of rotatable bonds is 10. The molecule has 0 saturated carbocycles. The SMILES string of the molecule is COc1cc([C@H]2OC[C@H]3[C@@H]2CO[C@@H]3c2ccc(O[C@H]3O[C@@H](CO)[C@H](O)[C@@H](O)[C@@H]3O)c(OC)c2)ccc1O[C@H]1O[C@@H](CO)[C@H](O)[C@@H](O)[C@@H]1O. The Balaban J connectivity index is 1.14. The highest BCUT2D eigenvalue weighted by Crippen LogP contribution is 2.52. The minimum absolute atomic E-state index is 0.0204. The van der Waals surface area contributed by atoms with Gasteiger partial charge in [0.15, 0.2) is 23.0 Å². The lowest BCUT2D eigenvalue weighted by molar-refractivity contribution is -0.277. The third-order valence-electron chi connectivity index (χ3n) is 9.48. The fourth-order valence-electron chi connectivity index (χ4n) is 6.73. The predicted octanol–water partition coefficient (Wildman–Crippen LogP) is -1.86. The molecule has 4 aliphatic heterocycles. The van der Waals surface area contributed by atoms with Gasteiger partial charge in [0.25, 0.3) is 0 Å². The lowest BCUT2D eigenvalue weighted by Crippen LogP contribution is -2.60. The van der Waals surface area contributed by atoms with Gasteiger partial charge in [-0.25, -0.2) is 0 Å². The summed E-state index contributed by atoms with van der Waals surface area (Å²) in [7, 11) is 2.90. The van der Waals surface area contributed by atoms with Crippen molar-refractivity contribution in [3.63, 3.8) is 0 Å². The first kappa shape index (κ1) is 35.0. The van der Waals surface area contributed by atoms with Crippen molar-refractivity contribution in [1.29, 1.82) is 0 Å². The van der Waals surface area contributed by atoms with E-state index >= 15 is 0 Å². The normalized spacial score (nSPS) is 39.5. The van der Waals surface area contributed by atoms with Crippen molar-refractivity contribution in [3.8, 4) is 23.0 Å². The zero-order chi connectivity index (χ0) is 34.3. The highest BCUT2D eigenvalue weighted by atomic mass is 16.7. The summed E-state index contributed by atoms with van der Waals surface area (Å²) in [6.45, 7) is -0.371. The van der Waals surface area contributed by atoms with Crippen LogP contribution in [0.3, 0.4) is 0 Å². The lowest BCUT2D eigenvalue weighted by atomic mass is 9.85. The number of benzene rings is 2. The summed E-state index contributed by atoms with van der Waals surface area (Å²) in [4.78, 5) is 0. The van der Waals surface area contributed by atoms with E-state index in [0.29, 0.717) is 24.7 Å². The molecule has 0 spiro atoms. The molecule has 2 aromatic carbocycles. The highest BCUT2D eigenvalue weighted by Gasteiger charge is 2.49. The van der Waals surface area contributed by atoms with Crippen LogP contribution in [-0.2, 0) is 18.9 Å². The van der Waals surface area contributed by atoms with Crippen LogP contribution in [0, 0.1) is 11.8 Å². The van der Waals surface area contributed by atoms with Crippen molar-refractivity contribution < 1.29 is 78.7 Å². The molecule has 2 aromatic rings. The van der Waals surface area contributed by atoms with E-state index in [1.54, 1.807) is 36.4 Å². The quantitative estimate of drug-likeness (QED) is 0.137. The van der Waals surface area contributed by atoms with Crippen LogP contribution in [0.5, 0.6) is 23.0 Å². The Kier molecular flexibility index (Phi) is 10.6. The average Bonchev–Trinajstić information content (AvgIpc) is 3.72. The second-order valence-corrected chi connectivity index (χ2v) is 12.3. The fourth-order valence-corrected chi connectivity index (χ4v) is 6.73. The smallest absolute Gasteiger partial charge is 0.229 e. The standard InChI is InChI=1S/C32H42O16/c1-41-19-7-13(3-5-17(19)45-31-27(39)25(37)23(35)21(9-33)47-31)29-15-11-44-30(16(15)12-43-29)14-4-6-18(20(8-14)42-2)46-32-28(40)26(38)24(36)22(10-34)48-32/h3-8,15-16,21-40H,9-12H2,1-2H3/t15-,16-,21-,22-,23-,24-,25+,26+,27-,28-,29+,30+,31-,32-/m0/s1. The third kappa shape index (κ3) is 6.44. The molecule has 14 atom stereocenters. The van der Waals surface area contributed by atoms with Gasteiger partial charge in [0.05, 0.1) is 52.9 Å². The highest BCUT2D eigenvalue weighted by molar-refractivity contribution is 5.46. The van der Waals surface area contributed by atoms with Crippen LogP contribution < -0.4 is 18.9 Å². The average molecular weight is 683 g/mol. The minimum Gasteiger partial charge on any atom is -0.493 e. The number of methoxy groups -OCH3 is 2. The second-order valence-electron chi connectivity index (χ2n) is 12.3. The Morgan fingerprint density at radius 3 is 1.31 bits per heavy atom. The Bertz CT molecular complexity index is 1290. The second kappa shape index (κ2) is 14.6. The Morgan fingerprint density at radius 2 is 0.958 bits per heavy atom. The van der Waals surface area contributed by atoms with Gasteiger partial charge >= 0.3 is 0 Å². The first-order valence-electron chi connectivity index (χ1n) is 15.6. The number of hydrogen-bond acceptors (Lipinski definition) is 16. The summed E-state index contributed by atoms with van der Waals surface area (Å²) in [5.74, 6) is 0.997. The Morgan fingerprint density at radius 1 is 0.562 bits per heavy atom. The molecule has 16 heteroatoms. The van der Waals surface area contributed by atoms with Crippen molar-refractivity contribution in [2.24, 2.45) is 11.8 Å². The molecule has 0 bridgehead atoms. The monoisotopic (exact) mass is 682 g/mol. The molecule has 6 rings (SSSR count). The van der Waals surface area contributed by atoms with E-state index in [2.05, 4.69) is 0 Å². The molecule has 4 saturated heterocycles. The maximum atomic E-state index is 10.4. The van der Waals surface area contributed by atoms with Crippen molar-refractivity contribution in [3.05, 3.63) is 47.5 Å². The topological polar surface area (TPSA) is 236 Å². The number of fused-ring (bicyclic) bond motifs is 1. The van der Waals surface area contributed by atoms with Gasteiger partial charge in [-0.2, -0.15) is 0 Å². The molecular formula is C32H42O16. The Hall–Kier alpha value is -2.84. The Labute approximate surface area is 275 Å². The van der Waals surface area contributed by atoms with Crippen LogP contribution in [0.25, 0.3) is 0 Å². The third-order valence-corrected chi connectivity index (χ3v) is 9.48. The maximum absolute atomic E-state index is 10.4. The molecule has 16 nitrogen and oxygen atoms in total. The van der Waals surface area contributed by atoms with Crippen LogP contribution in [0.4, 0.5) is 0 Å². The molecule has 0 aromatic heterocycles. The van der Waals surface area contributed by atoms with Crippen molar-refractivity contribution in [2.75, 3.05) is 40.6 Å². The zero-order valence-corrected chi connectivity index (χ0v) is 26.2.